The van der Waals surface area contributed by atoms with Gasteiger partial charge in [0.1, 0.15) is 11.6 Å². The fraction of sp³-hybridized carbons (Fsp3) is 0.400. The first-order valence-electron chi connectivity index (χ1n) is 12.2. The number of benzene rings is 2. The van der Waals surface area contributed by atoms with Crippen molar-refractivity contribution in [1.29, 1.82) is 0 Å². The number of thioether (sulfide) groups is 1. The molecule has 0 aliphatic carbocycles. The number of aromatic nitrogens is 3. The number of ether oxygens (including phenoxy) is 1. The summed E-state index contributed by atoms with van der Waals surface area (Å²) in [5.41, 5.74) is 8.36. The lowest BCUT2D eigenvalue weighted by molar-refractivity contribution is 0.163. The number of piperazine rings is 1. The first-order valence-corrected chi connectivity index (χ1v) is 14.4. The van der Waals surface area contributed by atoms with Gasteiger partial charge in [-0.2, -0.15) is 4.98 Å². The van der Waals surface area contributed by atoms with Crippen molar-refractivity contribution in [2.24, 2.45) is 0 Å². The number of rotatable bonds is 4. The predicted octanol–water partition coefficient (Wildman–Crippen LogP) is 4.28. The molecule has 4 aromatic rings. The Morgan fingerprint density at radius 3 is 2.81 bits per heavy atom. The van der Waals surface area contributed by atoms with Crippen LogP contribution in [-0.4, -0.2) is 59.2 Å². The van der Waals surface area contributed by atoms with Crippen molar-refractivity contribution in [3.8, 4) is 11.1 Å². The largest absolute Gasteiger partial charge is 0.383 e. The number of fused-ring (bicyclic) bond motifs is 3. The molecule has 3 aliphatic heterocycles. The Bertz CT molecular complexity index is 1630. The highest BCUT2D eigenvalue weighted by atomic mass is 35.5. The van der Waals surface area contributed by atoms with Crippen molar-refractivity contribution in [2.45, 2.75) is 35.9 Å². The summed E-state index contributed by atoms with van der Waals surface area (Å²) in [6, 6.07) is 5.62. The Balaban J connectivity index is 1.53. The molecular formula is C25H24ClFN6O2S2. The molecule has 12 heteroatoms. The lowest BCUT2D eigenvalue weighted by Gasteiger charge is -2.36. The topological polar surface area (TPSA) is 98.3 Å². The molecule has 37 heavy (non-hydrogen) atoms. The van der Waals surface area contributed by atoms with Crippen LogP contribution in [0.3, 0.4) is 0 Å². The van der Waals surface area contributed by atoms with Crippen molar-refractivity contribution < 1.29 is 9.13 Å². The highest BCUT2D eigenvalue weighted by Gasteiger charge is 2.36. The van der Waals surface area contributed by atoms with Gasteiger partial charge in [0, 0.05) is 59.4 Å². The van der Waals surface area contributed by atoms with Crippen LogP contribution in [0.4, 0.5) is 15.3 Å². The predicted molar refractivity (Wildman–Crippen MR) is 148 cm³/mol. The molecule has 0 saturated carbocycles. The van der Waals surface area contributed by atoms with E-state index in [2.05, 4.69) is 20.2 Å². The number of thiazole rings is 1. The summed E-state index contributed by atoms with van der Waals surface area (Å²) in [5, 5.41) is 5.28. The third-order valence-electron chi connectivity index (χ3n) is 7.54. The number of anilines is 2. The Labute approximate surface area is 225 Å². The minimum atomic E-state index is -0.372. The number of methoxy groups -OCH3 is 1. The molecule has 8 nitrogen and oxygen atoms in total. The van der Waals surface area contributed by atoms with E-state index in [1.165, 1.54) is 6.07 Å². The number of hydrogen-bond acceptors (Lipinski definition) is 9. The minimum absolute atomic E-state index is 0.171. The molecule has 2 aromatic heterocycles. The third-order valence-corrected chi connectivity index (χ3v) is 9.97. The summed E-state index contributed by atoms with van der Waals surface area (Å²) in [6.45, 7) is 1.98. The molecule has 0 amide bonds. The van der Waals surface area contributed by atoms with Gasteiger partial charge >= 0.3 is 5.69 Å². The second-order valence-corrected chi connectivity index (χ2v) is 12.3. The van der Waals surface area contributed by atoms with E-state index in [0.29, 0.717) is 51.1 Å². The van der Waals surface area contributed by atoms with Gasteiger partial charge < -0.3 is 20.7 Å². The Morgan fingerprint density at radius 2 is 2.05 bits per heavy atom. The maximum Gasteiger partial charge on any atom is 0.350 e. The van der Waals surface area contributed by atoms with Gasteiger partial charge in [-0.05, 0) is 31.0 Å². The van der Waals surface area contributed by atoms with Crippen LogP contribution in [0.1, 0.15) is 18.9 Å². The molecule has 0 radical (unpaired) electrons. The molecular weight excluding hydrogens is 535 g/mol. The van der Waals surface area contributed by atoms with E-state index >= 15 is 0 Å². The Kier molecular flexibility index (Phi) is 5.63. The summed E-state index contributed by atoms with van der Waals surface area (Å²) >= 11 is 9.77. The van der Waals surface area contributed by atoms with Crippen molar-refractivity contribution in [1.82, 2.24) is 19.9 Å². The monoisotopic (exact) mass is 558 g/mol. The van der Waals surface area contributed by atoms with Crippen molar-refractivity contribution in [2.75, 3.05) is 43.2 Å². The van der Waals surface area contributed by atoms with Crippen molar-refractivity contribution >= 4 is 66.8 Å². The van der Waals surface area contributed by atoms with Crippen LogP contribution in [0.5, 0.6) is 0 Å². The van der Waals surface area contributed by atoms with E-state index in [9.17, 15) is 9.18 Å². The minimum Gasteiger partial charge on any atom is -0.383 e. The highest BCUT2D eigenvalue weighted by molar-refractivity contribution is 7.99. The standard InChI is InChI=1S/C25H24ClFN6O2S2/c1-35-9-13-10-36-22-18(14-4-5-17(27)21-19(14)30-24(28)37-21)16(26)6-15-20(22)33(13)25(34)31-23(15)32-7-11-2-3-12(8-32)29-11/h4-6,11-13,29H,2-3,7-10H2,1H3,(H2,28,30). The lowest BCUT2D eigenvalue weighted by Crippen LogP contribution is -2.52. The summed E-state index contributed by atoms with van der Waals surface area (Å²) in [5.74, 6) is 0.916. The smallest absolute Gasteiger partial charge is 0.350 e. The molecule has 5 heterocycles. The van der Waals surface area contributed by atoms with Crippen LogP contribution in [0, 0.1) is 5.82 Å². The fourth-order valence-corrected chi connectivity index (χ4v) is 8.47. The molecule has 2 saturated heterocycles. The zero-order valence-electron chi connectivity index (χ0n) is 20.0. The van der Waals surface area contributed by atoms with Crippen molar-refractivity contribution in [3.63, 3.8) is 0 Å². The molecule has 2 bridgehead atoms. The molecule has 3 atom stereocenters. The van der Waals surface area contributed by atoms with Gasteiger partial charge in [-0.1, -0.05) is 22.9 Å². The molecule has 2 aromatic carbocycles. The van der Waals surface area contributed by atoms with E-state index in [1.54, 1.807) is 29.5 Å². The molecule has 2 fully saturated rings. The van der Waals surface area contributed by atoms with E-state index in [1.807, 2.05) is 6.07 Å². The lowest BCUT2D eigenvalue weighted by atomic mass is 10.0. The van der Waals surface area contributed by atoms with Gasteiger partial charge in [-0.3, -0.25) is 4.57 Å². The zero-order valence-corrected chi connectivity index (χ0v) is 22.4. The van der Waals surface area contributed by atoms with Crippen molar-refractivity contribution in [3.05, 3.63) is 39.5 Å². The van der Waals surface area contributed by atoms with Gasteiger partial charge in [0.25, 0.3) is 0 Å². The number of nitrogens with zero attached hydrogens (tertiary/aromatic N) is 4. The first kappa shape index (κ1) is 23.7. The summed E-state index contributed by atoms with van der Waals surface area (Å²) in [6.07, 6.45) is 2.24. The van der Waals surface area contributed by atoms with Crippen LogP contribution < -0.4 is 21.6 Å². The van der Waals surface area contributed by atoms with E-state index < -0.39 is 0 Å². The molecule has 3 N–H and O–H groups in total. The zero-order chi connectivity index (χ0) is 25.4. The second kappa shape index (κ2) is 8.81. The van der Waals surface area contributed by atoms with Gasteiger partial charge in [-0.15, -0.1) is 11.8 Å². The first-order chi connectivity index (χ1) is 17.9. The quantitative estimate of drug-likeness (QED) is 0.383. The highest BCUT2D eigenvalue weighted by Crippen LogP contribution is 2.49. The second-order valence-electron chi connectivity index (χ2n) is 9.83. The molecule has 192 valence electrons. The number of hydrogen-bond donors (Lipinski definition) is 2. The van der Waals surface area contributed by atoms with Gasteiger partial charge in [0.15, 0.2) is 5.13 Å². The summed E-state index contributed by atoms with van der Waals surface area (Å²) in [7, 11) is 1.63. The maximum absolute atomic E-state index is 14.6. The fourth-order valence-electron chi connectivity index (χ4n) is 6.03. The van der Waals surface area contributed by atoms with Crippen LogP contribution >= 0.6 is 34.7 Å². The Morgan fingerprint density at radius 1 is 1.27 bits per heavy atom. The molecule has 0 spiro atoms. The molecule has 3 unspecified atom stereocenters. The average Bonchev–Trinajstić information content (AvgIpc) is 3.44. The van der Waals surface area contributed by atoms with Crippen LogP contribution in [0.25, 0.3) is 32.2 Å². The van der Waals surface area contributed by atoms with Crippen LogP contribution in [0.2, 0.25) is 5.02 Å². The number of nitrogens with two attached hydrogens (primary N) is 1. The van der Waals surface area contributed by atoms with E-state index in [0.717, 1.165) is 58.6 Å². The molecule has 7 rings (SSSR count). The SMILES string of the molecule is COCC1CSc2c(-c3ccc(F)c4sc(N)nc34)c(Cl)cc3c(N4CC5CCC(C4)N5)nc(=O)n1c23. The van der Waals surface area contributed by atoms with Crippen LogP contribution in [-0.2, 0) is 4.74 Å². The summed E-state index contributed by atoms with van der Waals surface area (Å²) < 4.78 is 22.2. The van der Waals surface area contributed by atoms with E-state index in [-0.39, 0.29) is 22.7 Å². The van der Waals surface area contributed by atoms with Gasteiger partial charge in [-0.25, -0.2) is 14.2 Å². The summed E-state index contributed by atoms with van der Waals surface area (Å²) in [4.78, 5) is 25.7. The molecule has 3 aliphatic rings. The average molecular weight is 559 g/mol. The third kappa shape index (κ3) is 3.66. The van der Waals surface area contributed by atoms with Gasteiger partial charge in [0.05, 0.1) is 33.4 Å². The normalized spacial score (nSPS) is 22.9. The van der Waals surface area contributed by atoms with E-state index in [4.69, 9.17) is 22.1 Å². The van der Waals surface area contributed by atoms with Crippen LogP contribution in [0.15, 0.2) is 27.9 Å². The number of nitrogens with one attached hydrogen (secondary N) is 1. The Hall–Kier alpha value is -2.44. The number of halogens is 2. The van der Waals surface area contributed by atoms with Gasteiger partial charge in [0.2, 0.25) is 0 Å². The number of nitrogen functional groups attached to an aromatic ring is 1. The maximum atomic E-state index is 14.6.